The van der Waals surface area contributed by atoms with Gasteiger partial charge in [0.1, 0.15) is 0 Å². The third kappa shape index (κ3) is 4.48. The van der Waals surface area contributed by atoms with Gasteiger partial charge in [-0.2, -0.15) is 0 Å². The molecule has 2 atom stereocenters. The van der Waals surface area contributed by atoms with Gasteiger partial charge in [-0.3, -0.25) is 0 Å². The first-order chi connectivity index (χ1) is 8.86. The van der Waals surface area contributed by atoms with Crippen LogP contribution < -0.4 is 0 Å². The van der Waals surface area contributed by atoms with E-state index >= 15 is 0 Å². The Hall–Kier alpha value is -0.780. The van der Waals surface area contributed by atoms with Gasteiger partial charge < -0.3 is 0 Å². The van der Waals surface area contributed by atoms with Crippen LogP contribution in [0, 0.1) is 11.8 Å². The van der Waals surface area contributed by atoms with Gasteiger partial charge in [-0.1, -0.05) is 82.2 Å². The molecule has 18 heavy (non-hydrogen) atoms. The molecule has 0 bridgehead atoms. The van der Waals surface area contributed by atoms with Crippen molar-refractivity contribution in [1.29, 1.82) is 0 Å². The topological polar surface area (TPSA) is 0 Å². The molecule has 0 amide bonds. The van der Waals surface area contributed by atoms with Crippen molar-refractivity contribution in [1.82, 2.24) is 0 Å². The molecule has 0 aliphatic heterocycles. The zero-order valence-electron chi connectivity index (χ0n) is 11.9. The first kappa shape index (κ1) is 13.6. The second-order valence-electron chi connectivity index (χ2n) is 6.11. The third-order valence-electron chi connectivity index (χ3n) is 4.67. The van der Waals surface area contributed by atoms with E-state index in [0.717, 1.165) is 11.8 Å². The third-order valence-corrected chi connectivity index (χ3v) is 4.67. The highest BCUT2D eigenvalue weighted by atomic mass is 14.3. The Kier molecular flexibility index (Phi) is 5.77. The van der Waals surface area contributed by atoms with E-state index in [9.17, 15) is 0 Å². The summed E-state index contributed by atoms with van der Waals surface area (Å²) in [5.74, 6) is 2.03. The molecule has 0 nitrogen and oxygen atoms in total. The standard InChI is InChI=1S/C18H28/c1-16-10-8-9-15-18(16)14-7-3-6-13-17-11-4-2-5-12-17/h2,4-5,11-12,16,18H,3,6-10,13-15H2,1H3. The lowest BCUT2D eigenvalue weighted by molar-refractivity contribution is 0.236. The summed E-state index contributed by atoms with van der Waals surface area (Å²) >= 11 is 0. The molecule has 1 aliphatic rings. The van der Waals surface area contributed by atoms with Crippen molar-refractivity contribution >= 4 is 0 Å². The maximum absolute atomic E-state index is 2.47. The van der Waals surface area contributed by atoms with Gasteiger partial charge in [-0.25, -0.2) is 0 Å². The van der Waals surface area contributed by atoms with Crippen LogP contribution in [0.5, 0.6) is 0 Å². The Morgan fingerprint density at radius 1 is 0.944 bits per heavy atom. The predicted molar refractivity (Wildman–Crippen MR) is 79.7 cm³/mol. The quantitative estimate of drug-likeness (QED) is 0.570. The molecule has 0 aromatic heterocycles. The largest absolute Gasteiger partial charge is 0.0622 e. The lowest BCUT2D eigenvalue weighted by Gasteiger charge is -2.28. The molecule has 0 N–H and O–H groups in total. The second-order valence-corrected chi connectivity index (χ2v) is 6.11. The fraction of sp³-hybridized carbons (Fsp3) is 0.667. The summed E-state index contributed by atoms with van der Waals surface area (Å²) < 4.78 is 0. The van der Waals surface area contributed by atoms with Crippen LogP contribution >= 0.6 is 0 Å². The van der Waals surface area contributed by atoms with Crippen molar-refractivity contribution in [2.24, 2.45) is 11.8 Å². The zero-order chi connectivity index (χ0) is 12.6. The van der Waals surface area contributed by atoms with Crippen LogP contribution in [0.25, 0.3) is 0 Å². The smallest absolute Gasteiger partial charge is 0.0279 e. The van der Waals surface area contributed by atoms with Gasteiger partial charge in [0.25, 0.3) is 0 Å². The minimum Gasteiger partial charge on any atom is -0.0622 e. The molecule has 1 aliphatic carbocycles. The molecule has 1 saturated carbocycles. The van der Waals surface area contributed by atoms with Crippen LogP contribution in [0.2, 0.25) is 0 Å². The molecule has 1 aromatic rings. The number of hydrogen-bond acceptors (Lipinski definition) is 0. The van der Waals surface area contributed by atoms with Crippen molar-refractivity contribution in [3.63, 3.8) is 0 Å². The van der Waals surface area contributed by atoms with E-state index < -0.39 is 0 Å². The highest BCUT2D eigenvalue weighted by Crippen LogP contribution is 2.33. The van der Waals surface area contributed by atoms with Gasteiger partial charge in [0.05, 0.1) is 0 Å². The van der Waals surface area contributed by atoms with E-state index in [1.54, 1.807) is 0 Å². The normalized spacial score (nSPS) is 24.1. The Morgan fingerprint density at radius 3 is 2.50 bits per heavy atom. The van der Waals surface area contributed by atoms with Gasteiger partial charge in [-0.05, 0) is 30.2 Å². The van der Waals surface area contributed by atoms with Crippen LogP contribution in [0.3, 0.4) is 0 Å². The number of unbranched alkanes of at least 4 members (excludes halogenated alkanes) is 2. The summed E-state index contributed by atoms with van der Waals surface area (Å²) in [5.41, 5.74) is 1.50. The van der Waals surface area contributed by atoms with Gasteiger partial charge in [0.2, 0.25) is 0 Å². The molecule has 0 spiro atoms. The molecule has 0 saturated heterocycles. The van der Waals surface area contributed by atoms with Crippen molar-refractivity contribution in [3.05, 3.63) is 35.9 Å². The van der Waals surface area contributed by atoms with E-state index in [-0.39, 0.29) is 0 Å². The first-order valence-electron chi connectivity index (χ1n) is 7.90. The Labute approximate surface area is 113 Å². The summed E-state index contributed by atoms with van der Waals surface area (Å²) in [5, 5.41) is 0. The summed E-state index contributed by atoms with van der Waals surface area (Å²) in [4.78, 5) is 0. The van der Waals surface area contributed by atoms with Gasteiger partial charge in [0.15, 0.2) is 0 Å². The zero-order valence-corrected chi connectivity index (χ0v) is 11.9. The van der Waals surface area contributed by atoms with Crippen LogP contribution in [0.4, 0.5) is 0 Å². The molecule has 2 unspecified atom stereocenters. The number of benzene rings is 1. The Balaban J connectivity index is 1.56. The lowest BCUT2D eigenvalue weighted by Crippen LogP contribution is -2.16. The van der Waals surface area contributed by atoms with Crippen molar-refractivity contribution in [3.8, 4) is 0 Å². The minimum atomic E-state index is 0.993. The van der Waals surface area contributed by atoms with Crippen molar-refractivity contribution < 1.29 is 0 Å². The Bertz CT molecular complexity index is 314. The fourth-order valence-corrected chi connectivity index (χ4v) is 3.38. The SMILES string of the molecule is CC1CCCCC1CCCCCc1ccccc1. The van der Waals surface area contributed by atoms with Crippen molar-refractivity contribution in [2.75, 3.05) is 0 Å². The van der Waals surface area contributed by atoms with E-state index in [1.807, 2.05) is 0 Å². The maximum atomic E-state index is 2.47. The fourth-order valence-electron chi connectivity index (χ4n) is 3.38. The average molecular weight is 244 g/mol. The Morgan fingerprint density at radius 2 is 1.72 bits per heavy atom. The van der Waals surface area contributed by atoms with E-state index in [1.165, 1.54) is 63.4 Å². The molecule has 0 heterocycles. The number of hydrogen-bond donors (Lipinski definition) is 0. The molecule has 0 radical (unpaired) electrons. The lowest BCUT2D eigenvalue weighted by atomic mass is 9.78. The van der Waals surface area contributed by atoms with Crippen LogP contribution in [-0.4, -0.2) is 0 Å². The van der Waals surface area contributed by atoms with Crippen LogP contribution in [-0.2, 0) is 6.42 Å². The van der Waals surface area contributed by atoms with E-state index in [0.29, 0.717) is 0 Å². The molecule has 1 aromatic carbocycles. The number of aryl methyl sites for hydroxylation is 1. The van der Waals surface area contributed by atoms with Crippen LogP contribution in [0.15, 0.2) is 30.3 Å². The summed E-state index contributed by atoms with van der Waals surface area (Å²) in [6.07, 6.45) is 12.9. The summed E-state index contributed by atoms with van der Waals surface area (Å²) in [6.45, 7) is 2.47. The van der Waals surface area contributed by atoms with Gasteiger partial charge in [0, 0.05) is 0 Å². The van der Waals surface area contributed by atoms with Gasteiger partial charge >= 0.3 is 0 Å². The monoisotopic (exact) mass is 244 g/mol. The number of rotatable bonds is 6. The minimum absolute atomic E-state index is 0.993. The van der Waals surface area contributed by atoms with Gasteiger partial charge in [-0.15, -0.1) is 0 Å². The van der Waals surface area contributed by atoms with Crippen LogP contribution in [0.1, 0.15) is 63.9 Å². The highest BCUT2D eigenvalue weighted by Gasteiger charge is 2.20. The molecule has 1 fully saturated rings. The van der Waals surface area contributed by atoms with E-state index in [4.69, 9.17) is 0 Å². The molecule has 2 rings (SSSR count). The highest BCUT2D eigenvalue weighted by molar-refractivity contribution is 5.14. The molecule has 0 heteroatoms. The summed E-state index contributed by atoms with van der Waals surface area (Å²) in [6, 6.07) is 10.9. The average Bonchev–Trinajstić information content (AvgIpc) is 2.42. The summed E-state index contributed by atoms with van der Waals surface area (Å²) in [7, 11) is 0. The predicted octanol–water partition coefficient (Wildman–Crippen LogP) is 5.62. The molecule has 100 valence electrons. The first-order valence-corrected chi connectivity index (χ1v) is 7.90. The van der Waals surface area contributed by atoms with E-state index in [2.05, 4.69) is 37.3 Å². The molecular formula is C18H28. The second kappa shape index (κ2) is 7.61. The maximum Gasteiger partial charge on any atom is -0.0279 e. The molecular weight excluding hydrogens is 216 g/mol. The van der Waals surface area contributed by atoms with Crippen molar-refractivity contribution in [2.45, 2.75) is 64.7 Å².